The van der Waals surface area contributed by atoms with Crippen LogP contribution in [0.1, 0.15) is 23.6 Å². The van der Waals surface area contributed by atoms with Gasteiger partial charge < -0.3 is 10.6 Å². The number of aliphatic imine (C=N–C) groups is 1. The summed E-state index contributed by atoms with van der Waals surface area (Å²) in [5.41, 5.74) is 3.70. The van der Waals surface area contributed by atoms with Gasteiger partial charge in [-0.05, 0) is 48.1 Å². The lowest BCUT2D eigenvalue weighted by molar-refractivity contribution is 0.677. The zero-order valence-electron chi connectivity index (χ0n) is 16.4. The molecule has 3 aromatic rings. The molecule has 6 heteroatoms. The van der Waals surface area contributed by atoms with Crippen molar-refractivity contribution in [2.45, 2.75) is 31.5 Å². The summed E-state index contributed by atoms with van der Waals surface area (Å²) in [6.45, 7) is 5.04. The van der Waals surface area contributed by atoms with Crippen LogP contribution < -0.4 is 10.6 Å². The Morgan fingerprint density at radius 2 is 1.82 bits per heavy atom. The van der Waals surface area contributed by atoms with Crippen molar-refractivity contribution in [2.75, 3.05) is 12.8 Å². The summed E-state index contributed by atoms with van der Waals surface area (Å²) < 4.78 is 1.94. The molecule has 0 spiro atoms. The first-order chi connectivity index (χ1) is 13.8. The monoisotopic (exact) mass is 393 g/mol. The molecule has 146 valence electrons. The van der Waals surface area contributed by atoms with Crippen LogP contribution in [0.15, 0.2) is 76.9 Å². The zero-order valence-corrected chi connectivity index (χ0v) is 17.2. The van der Waals surface area contributed by atoms with E-state index in [1.165, 1.54) is 21.6 Å². The molecule has 0 aliphatic heterocycles. The molecule has 0 bridgehead atoms. The van der Waals surface area contributed by atoms with E-state index in [9.17, 15) is 0 Å². The van der Waals surface area contributed by atoms with Crippen LogP contribution in [0, 0.1) is 0 Å². The smallest absolute Gasteiger partial charge is 0.191 e. The molecule has 0 saturated carbocycles. The number of thioether (sulfide) groups is 1. The Balaban J connectivity index is 1.64. The number of rotatable bonds is 8. The fourth-order valence-corrected chi connectivity index (χ4v) is 3.28. The van der Waals surface area contributed by atoms with E-state index < -0.39 is 0 Å². The third kappa shape index (κ3) is 5.89. The molecule has 0 aliphatic carbocycles. The van der Waals surface area contributed by atoms with Gasteiger partial charge in [0, 0.05) is 30.4 Å². The fraction of sp³-hybridized carbons (Fsp3) is 0.273. The van der Waals surface area contributed by atoms with Crippen LogP contribution in [0.5, 0.6) is 0 Å². The van der Waals surface area contributed by atoms with Gasteiger partial charge in [0.2, 0.25) is 0 Å². The summed E-state index contributed by atoms with van der Waals surface area (Å²) in [7, 11) is 0. The lowest BCUT2D eigenvalue weighted by Gasteiger charge is -2.14. The summed E-state index contributed by atoms with van der Waals surface area (Å²) in [6, 6.07) is 18.9. The molecule has 0 radical (unpaired) electrons. The van der Waals surface area contributed by atoms with Crippen LogP contribution in [-0.4, -0.2) is 28.5 Å². The second kappa shape index (κ2) is 10.6. The lowest BCUT2D eigenvalue weighted by Crippen LogP contribution is -2.37. The van der Waals surface area contributed by atoms with Crippen molar-refractivity contribution in [1.82, 2.24) is 20.4 Å². The molecule has 0 aliphatic rings. The molecule has 1 heterocycles. The van der Waals surface area contributed by atoms with E-state index >= 15 is 0 Å². The quantitative estimate of drug-likeness (QED) is 0.346. The minimum atomic E-state index is 0.652. The highest BCUT2D eigenvalue weighted by Gasteiger charge is 2.05. The normalized spacial score (nSPS) is 11.4. The molecule has 1 aromatic heterocycles. The molecule has 0 unspecified atom stereocenters. The second-order valence-electron chi connectivity index (χ2n) is 6.37. The van der Waals surface area contributed by atoms with Gasteiger partial charge >= 0.3 is 0 Å². The summed E-state index contributed by atoms with van der Waals surface area (Å²) in [5.74, 6) is 0.824. The number of nitrogens with zero attached hydrogens (tertiary/aromatic N) is 3. The number of hydrogen-bond donors (Lipinski definition) is 2. The van der Waals surface area contributed by atoms with Gasteiger partial charge in [0.25, 0.3) is 0 Å². The van der Waals surface area contributed by atoms with E-state index in [0.29, 0.717) is 13.1 Å². The summed E-state index contributed by atoms with van der Waals surface area (Å²) in [5, 5.41) is 11.1. The Bertz CT molecular complexity index is 872. The first-order valence-corrected chi connectivity index (χ1v) is 10.7. The molecule has 0 saturated heterocycles. The van der Waals surface area contributed by atoms with Crippen molar-refractivity contribution in [2.24, 2.45) is 4.99 Å². The van der Waals surface area contributed by atoms with Crippen molar-refractivity contribution in [3.63, 3.8) is 0 Å². The molecule has 28 heavy (non-hydrogen) atoms. The molecule has 2 aromatic carbocycles. The topological polar surface area (TPSA) is 54.2 Å². The Morgan fingerprint density at radius 3 is 2.50 bits per heavy atom. The van der Waals surface area contributed by atoms with Gasteiger partial charge in [-0.3, -0.25) is 4.68 Å². The zero-order chi connectivity index (χ0) is 19.6. The van der Waals surface area contributed by atoms with Gasteiger partial charge in [-0.2, -0.15) is 5.10 Å². The highest BCUT2D eigenvalue weighted by atomic mass is 32.2. The third-order valence-corrected chi connectivity index (χ3v) is 5.12. The van der Waals surface area contributed by atoms with E-state index in [4.69, 9.17) is 4.99 Å². The molecule has 0 fully saturated rings. The van der Waals surface area contributed by atoms with Crippen molar-refractivity contribution >= 4 is 17.7 Å². The molecule has 0 amide bonds. The summed E-state index contributed by atoms with van der Waals surface area (Å²) >= 11 is 1.75. The van der Waals surface area contributed by atoms with E-state index in [1.807, 2.05) is 23.1 Å². The molecule has 3 rings (SSSR count). The van der Waals surface area contributed by atoms with Gasteiger partial charge in [0.05, 0.1) is 13.1 Å². The maximum atomic E-state index is 4.73. The largest absolute Gasteiger partial charge is 0.357 e. The first-order valence-electron chi connectivity index (χ1n) is 9.48. The van der Waals surface area contributed by atoms with Crippen molar-refractivity contribution in [1.29, 1.82) is 0 Å². The van der Waals surface area contributed by atoms with Crippen LogP contribution in [0.25, 0.3) is 0 Å². The number of hydrogen-bond acceptors (Lipinski definition) is 3. The van der Waals surface area contributed by atoms with Gasteiger partial charge in [0.15, 0.2) is 5.96 Å². The Morgan fingerprint density at radius 1 is 1.04 bits per heavy atom. The molecule has 0 atom stereocenters. The highest BCUT2D eigenvalue weighted by Crippen LogP contribution is 2.15. The summed E-state index contributed by atoms with van der Waals surface area (Å²) in [6.07, 6.45) is 5.88. The van der Waals surface area contributed by atoms with Crippen LogP contribution >= 0.6 is 11.8 Å². The van der Waals surface area contributed by atoms with E-state index in [-0.39, 0.29) is 0 Å². The maximum Gasteiger partial charge on any atom is 0.191 e. The molecule has 2 N–H and O–H groups in total. The SMILES string of the molecule is CCNC(=NCc1ccc(SC)cc1)NCc1ccccc1Cn1cccn1. The van der Waals surface area contributed by atoms with Gasteiger partial charge in [0.1, 0.15) is 0 Å². The minimum absolute atomic E-state index is 0.652. The number of nitrogens with one attached hydrogen (secondary N) is 2. The molecular formula is C22H27N5S. The average Bonchev–Trinajstić information content (AvgIpc) is 3.24. The number of aromatic nitrogens is 2. The highest BCUT2D eigenvalue weighted by molar-refractivity contribution is 7.98. The number of benzene rings is 2. The van der Waals surface area contributed by atoms with Crippen molar-refractivity contribution in [3.05, 3.63) is 83.7 Å². The second-order valence-corrected chi connectivity index (χ2v) is 7.25. The van der Waals surface area contributed by atoms with Crippen molar-refractivity contribution in [3.8, 4) is 0 Å². The van der Waals surface area contributed by atoms with Crippen molar-refractivity contribution < 1.29 is 0 Å². The van der Waals surface area contributed by atoms with Crippen LogP contribution in [0.2, 0.25) is 0 Å². The summed E-state index contributed by atoms with van der Waals surface area (Å²) in [4.78, 5) is 6.00. The Kier molecular flexibility index (Phi) is 7.55. The molecular weight excluding hydrogens is 366 g/mol. The third-order valence-electron chi connectivity index (χ3n) is 4.38. The predicted molar refractivity (Wildman–Crippen MR) is 118 cm³/mol. The lowest BCUT2D eigenvalue weighted by atomic mass is 10.1. The maximum absolute atomic E-state index is 4.73. The van der Waals surface area contributed by atoms with Crippen LogP contribution in [0.4, 0.5) is 0 Å². The van der Waals surface area contributed by atoms with Gasteiger partial charge in [-0.15, -0.1) is 11.8 Å². The molecule has 5 nitrogen and oxygen atoms in total. The minimum Gasteiger partial charge on any atom is -0.357 e. The Hall–Kier alpha value is -2.73. The number of guanidine groups is 1. The van der Waals surface area contributed by atoms with E-state index in [1.54, 1.807) is 11.8 Å². The van der Waals surface area contributed by atoms with Crippen LogP contribution in [-0.2, 0) is 19.6 Å². The average molecular weight is 394 g/mol. The van der Waals surface area contributed by atoms with Gasteiger partial charge in [-0.25, -0.2) is 4.99 Å². The Labute approximate surface area is 171 Å². The standard InChI is InChI=1S/C22H27N5S/c1-3-23-22(24-15-18-9-11-21(28-2)12-10-18)25-16-19-7-4-5-8-20(19)17-27-14-6-13-26-27/h4-14H,3,15-17H2,1-2H3,(H2,23,24,25). The van der Waals surface area contributed by atoms with E-state index in [0.717, 1.165) is 19.0 Å². The fourth-order valence-electron chi connectivity index (χ4n) is 2.87. The predicted octanol–water partition coefficient (Wildman–Crippen LogP) is 3.91. The first kappa shape index (κ1) is 20.0. The van der Waals surface area contributed by atoms with E-state index in [2.05, 4.69) is 77.4 Å². The van der Waals surface area contributed by atoms with Crippen LogP contribution in [0.3, 0.4) is 0 Å². The van der Waals surface area contributed by atoms with Gasteiger partial charge in [-0.1, -0.05) is 36.4 Å².